The van der Waals surface area contributed by atoms with Crippen molar-refractivity contribution < 1.29 is 35.8 Å². The van der Waals surface area contributed by atoms with Crippen LogP contribution in [0.4, 0.5) is 37.7 Å². The first-order valence-corrected chi connectivity index (χ1v) is 11.0. The van der Waals surface area contributed by atoms with Crippen LogP contribution in [0.1, 0.15) is 11.1 Å². The molecule has 0 aromatic heterocycles. The van der Waals surface area contributed by atoms with Crippen molar-refractivity contribution in [1.82, 2.24) is 5.43 Å². The lowest BCUT2D eigenvalue weighted by Crippen LogP contribution is -2.23. The van der Waals surface area contributed by atoms with E-state index in [0.29, 0.717) is 22.5 Å². The quantitative estimate of drug-likeness (QED) is 0.103. The van der Waals surface area contributed by atoms with Crippen LogP contribution in [0, 0.1) is 0 Å². The SMILES string of the molecule is NC(=NC=Nc1ccc(OC(F)(F)F)cc1)c1ccc(/C=N/NC(=S)Nc2ccc(OC(F)(F)F)cc2)cc1. The molecule has 0 radical (unpaired) electrons. The van der Waals surface area contributed by atoms with Crippen LogP contribution in [-0.4, -0.2) is 36.2 Å². The van der Waals surface area contributed by atoms with Gasteiger partial charge in [-0.3, -0.25) is 5.43 Å². The Morgan fingerprint density at radius 1 is 0.795 bits per heavy atom. The number of alkyl halides is 6. The molecule has 0 heterocycles. The number of nitrogens with one attached hydrogen (secondary N) is 2. The number of hydrogen-bond acceptors (Lipinski definition) is 5. The number of ether oxygens (including phenoxy) is 2. The fraction of sp³-hybridized carbons (Fsp3) is 0.0833. The van der Waals surface area contributed by atoms with E-state index in [4.69, 9.17) is 18.0 Å². The van der Waals surface area contributed by atoms with Gasteiger partial charge in [0.25, 0.3) is 0 Å². The number of hydrogen-bond donors (Lipinski definition) is 3. The Labute approximate surface area is 222 Å². The largest absolute Gasteiger partial charge is 0.573 e. The summed E-state index contributed by atoms with van der Waals surface area (Å²) in [5.41, 5.74) is 10.5. The highest BCUT2D eigenvalue weighted by Gasteiger charge is 2.31. The molecule has 0 aliphatic carbocycles. The van der Waals surface area contributed by atoms with Crippen molar-refractivity contribution in [3.05, 3.63) is 83.9 Å². The molecule has 0 bridgehead atoms. The summed E-state index contributed by atoms with van der Waals surface area (Å²) in [6.45, 7) is 0. The van der Waals surface area contributed by atoms with Gasteiger partial charge in [-0.05, 0) is 66.3 Å². The molecule has 0 fully saturated rings. The van der Waals surface area contributed by atoms with Gasteiger partial charge in [-0.25, -0.2) is 9.98 Å². The van der Waals surface area contributed by atoms with Crippen molar-refractivity contribution in [2.45, 2.75) is 12.7 Å². The Balaban J connectivity index is 1.48. The van der Waals surface area contributed by atoms with E-state index in [9.17, 15) is 26.3 Å². The predicted octanol–water partition coefficient (Wildman–Crippen LogP) is 5.87. The second kappa shape index (κ2) is 12.7. The van der Waals surface area contributed by atoms with Crippen LogP contribution in [0.2, 0.25) is 0 Å². The first kappa shape index (κ1) is 28.9. The number of rotatable bonds is 8. The molecule has 3 aromatic rings. The molecular formula is C24H18F6N6O2S. The summed E-state index contributed by atoms with van der Waals surface area (Å²) in [6, 6.07) is 16.7. The first-order valence-electron chi connectivity index (χ1n) is 10.6. The second-order valence-corrected chi connectivity index (χ2v) is 7.73. The topological polar surface area (TPSA) is 106 Å². The van der Waals surface area contributed by atoms with Crippen molar-refractivity contribution in [2.75, 3.05) is 5.32 Å². The zero-order chi connectivity index (χ0) is 28.5. The van der Waals surface area contributed by atoms with Gasteiger partial charge in [0.15, 0.2) is 5.11 Å². The Kier molecular flexibility index (Phi) is 9.43. The van der Waals surface area contributed by atoms with Crippen molar-refractivity contribution >= 4 is 47.1 Å². The third-order valence-corrected chi connectivity index (χ3v) is 4.60. The summed E-state index contributed by atoms with van der Waals surface area (Å²) < 4.78 is 80.8. The monoisotopic (exact) mass is 568 g/mol. The van der Waals surface area contributed by atoms with E-state index in [2.05, 4.69) is 35.3 Å². The molecule has 3 rings (SSSR count). The van der Waals surface area contributed by atoms with E-state index in [-0.39, 0.29) is 22.4 Å². The maximum Gasteiger partial charge on any atom is 0.573 e. The Morgan fingerprint density at radius 3 is 1.87 bits per heavy atom. The van der Waals surface area contributed by atoms with Gasteiger partial charge in [0.2, 0.25) is 0 Å². The summed E-state index contributed by atoms with van der Waals surface area (Å²) >= 11 is 5.09. The lowest BCUT2D eigenvalue weighted by molar-refractivity contribution is -0.275. The van der Waals surface area contributed by atoms with Gasteiger partial charge < -0.3 is 20.5 Å². The average Bonchev–Trinajstić information content (AvgIpc) is 2.85. The lowest BCUT2D eigenvalue weighted by atomic mass is 10.1. The maximum atomic E-state index is 12.2. The normalized spacial score (nSPS) is 12.5. The molecule has 4 N–H and O–H groups in total. The number of halogens is 6. The Morgan fingerprint density at radius 2 is 1.33 bits per heavy atom. The van der Waals surface area contributed by atoms with Gasteiger partial charge in [0.1, 0.15) is 23.7 Å². The third kappa shape index (κ3) is 10.7. The van der Waals surface area contributed by atoms with Crippen LogP contribution in [0.25, 0.3) is 0 Å². The molecule has 0 spiro atoms. The number of thiocarbonyl (C=S) groups is 1. The average molecular weight is 569 g/mol. The van der Waals surface area contributed by atoms with Crippen LogP contribution in [0.15, 0.2) is 87.9 Å². The standard InChI is InChI=1S/C24H18F6N6O2S/c25-23(26,27)37-19-9-5-17(6-10-19)32-14-33-21(31)16-3-1-15(2-4-16)13-34-36-22(39)35-18-7-11-20(12-8-18)38-24(28,29)30/h1-14H,(H2,31,32,33)(H2,35,36,39)/b34-13+. The van der Waals surface area contributed by atoms with E-state index in [1.165, 1.54) is 36.8 Å². The summed E-state index contributed by atoms with van der Waals surface area (Å²) in [6.07, 6.45) is -6.91. The molecule has 0 atom stereocenters. The van der Waals surface area contributed by atoms with Crippen molar-refractivity contribution in [3.8, 4) is 11.5 Å². The molecular weight excluding hydrogens is 550 g/mol. The number of amidine groups is 1. The highest BCUT2D eigenvalue weighted by molar-refractivity contribution is 7.80. The van der Waals surface area contributed by atoms with E-state index in [1.54, 1.807) is 24.3 Å². The molecule has 0 amide bonds. The zero-order valence-corrected chi connectivity index (χ0v) is 20.3. The highest BCUT2D eigenvalue weighted by Crippen LogP contribution is 2.25. The fourth-order valence-electron chi connectivity index (χ4n) is 2.77. The van der Waals surface area contributed by atoms with E-state index in [0.717, 1.165) is 24.3 Å². The fourth-order valence-corrected chi connectivity index (χ4v) is 2.94. The summed E-state index contributed by atoms with van der Waals surface area (Å²) in [5, 5.41) is 6.84. The van der Waals surface area contributed by atoms with Gasteiger partial charge >= 0.3 is 12.7 Å². The highest BCUT2D eigenvalue weighted by atomic mass is 32.1. The van der Waals surface area contributed by atoms with Crippen LogP contribution >= 0.6 is 12.2 Å². The smallest absolute Gasteiger partial charge is 0.406 e. The molecule has 0 aliphatic rings. The van der Waals surface area contributed by atoms with E-state index in [1.807, 2.05) is 0 Å². The maximum absolute atomic E-state index is 12.2. The van der Waals surface area contributed by atoms with Gasteiger partial charge in [-0.1, -0.05) is 24.3 Å². The number of hydrazone groups is 1. The zero-order valence-electron chi connectivity index (χ0n) is 19.5. The van der Waals surface area contributed by atoms with E-state index >= 15 is 0 Å². The van der Waals surface area contributed by atoms with Crippen LogP contribution in [0.5, 0.6) is 11.5 Å². The summed E-state index contributed by atoms with van der Waals surface area (Å²) in [5.74, 6) is -0.580. The minimum atomic E-state index is -4.78. The number of anilines is 1. The van der Waals surface area contributed by atoms with Crippen molar-refractivity contribution in [2.24, 2.45) is 20.8 Å². The van der Waals surface area contributed by atoms with Crippen LogP contribution in [-0.2, 0) is 0 Å². The molecule has 3 aromatic carbocycles. The second-order valence-electron chi connectivity index (χ2n) is 7.32. The number of nitrogens with two attached hydrogens (primary N) is 1. The molecule has 0 aliphatic heterocycles. The van der Waals surface area contributed by atoms with Gasteiger partial charge in [0.05, 0.1) is 11.9 Å². The molecule has 0 saturated carbocycles. The van der Waals surface area contributed by atoms with Crippen LogP contribution in [0.3, 0.4) is 0 Å². The number of nitrogens with zero attached hydrogens (tertiary/aromatic N) is 3. The summed E-state index contributed by atoms with van der Waals surface area (Å²) in [4.78, 5) is 8.01. The van der Waals surface area contributed by atoms with Gasteiger partial charge in [-0.2, -0.15) is 5.10 Å². The minimum absolute atomic E-state index is 0.102. The molecule has 8 nitrogen and oxygen atoms in total. The minimum Gasteiger partial charge on any atom is -0.406 e. The predicted molar refractivity (Wildman–Crippen MR) is 139 cm³/mol. The van der Waals surface area contributed by atoms with E-state index < -0.39 is 12.7 Å². The molecule has 39 heavy (non-hydrogen) atoms. The first-order chi connectivity index (χ1) is 18.4. The Hall–Kier alpha value is -4.66. The third-order valence-electron chi connectivity index (χ3n) is 4.41. The Bertz CT molecular complexity index is 1340. The van der Waals surface area contributed by atoms with Crippen molar-refractivity contribution in [3.63, 3.8) is 0 Å². The molecule has 204 valence electrons. The summed E-state index contributed by atoms with van der Waals surface area (Å²) in [7, 11) is 0. The van der Waals surface area contributed by atoms with Gasteiger partial charge in [-0.15, -0.1) is 26.3 Å². The van der Waals surface area contributed by atoms with Crippen LogP contribution < -0.4 is 25.9 Å². The van der Waals surface area contributed by atoms with Gasteiger partial charge in [0, 0.05) is 11.3 Å². The lowest BCUT2D eigenvalue weighted by Gasteiger charge is -2.10. The molecule has 0 unspecified atom stereocenters. The number of aliphatic imine (C=N–C) groups is 2. The molecule has 15 heteroatoms. The molecule has 0 saturated heterocycles. The van der Waals surface area contributed by atoms with Crippen molar-refractivity contribution in [1.29, 1.82) is 0 Å². The number of benzene rings is 3.